The van der Waals surface area contributed by atoms with Crippen LogP contribution in [-0.2, 0) is 16.0 Å². The average molecular weight is 221 g/mol. The van der Waals surface area contributed by atoms with Gasteiger partial charge in [-0.25, -0.2) is 0 Å². The van der Waals surface area contributed by atoms with E-state index >= 15 is 0 Å². The highest BCUT2D eigenvalue weighted by molar-refractivity contribution is 5.81. The van der Waals surface area contributed by atoms with Gasteiger partial charge in [0.15, 0.2) is 0 Å². The predicted molar refractivity (Wildman–Crippen MR) is 59.2 cm³/mol. The molecule has 0 aromatic heterocycles. The van der Waals surface area contributed by atoms with Crippen LogP contribution in [0.5, 0.6) is 5.75 Å². The fraction of sp³-hybridized carbons (Fsp3) is 0.417. The Kier molecular flexibility index (Phi) is 2.83. The van der Waals surface area contributed by atoms with Gasteiger partial charge in [-0.15, -0.1) is 0 Å². The second-order valence-corrected chi connectivity index (χ2v) is 3.98. The van der Waals surface area contributed by atoms with E-state index in [4.69, 9.17) is 10.5 Å². The maximum absolute atomic E-state index is 11.7. The van der Waals surface area contributed by atoms with Gasteiger partial charge in [-0.05, 0) is 36.6 Å². The Bertz CT molecular complexity index is 417. The number of carbonyl (C=O) groups excluding carboxylic acids is 1. The van der Waals surface area contributed by atoms with Gasteiger partial charge < -0.3 is 15.6 Å². The van der Waals surface area contributed by atoms with Crippen molar-refractivity contribution in [2.75, 3.05) is 6.61 Å². The Morgan fingerprint density at radius 2 is 2.38 bits per heavy atom. The summed E-state index contributed by atoms with van der Waals surface area (Å²) in [5, 5.41) is 9.35. The van der Waals surface area contributed by atoms with E-state index in [1.807, 2.05) is 0 Å². The molecule has 0 bridgehead atoms. The smallest absolute Gasteiger partial charge is 0.315 e. The summed E-state index contributed by atoms with van der Waals surface area (Å²) < 4.78 is 5.00. The maximum Gasteiger partial charge on any atom is 0.315 e. The van der Waals surface area contributed by atoms with Crippen LogP contribution in [0.15, 0.2) is 18.2 Å². The molecule has 0 aliphatic heterocycles. The van der Waals surface area contributed by atoms with E-state index in [-0.39, 0.29) is 17.8 Å². The number of fused-ring (bicyclic) bond motifs is 1. The van der Waals surface area contributed by atoms with Gasteiger partial charge in [0.1, 0.15) is 5.75 Å². The Labute approximate surface area is 94.0 Å². The summed E-state index contributed by atoms with van der Waals surface area (Å²) in [4.78, 5) is 11.7. The van der Waals surface area contributed by atoms with Crippen molar-refractivity contribution in [3.05, 3.63) is 29.3 Å². The number of hydrogen-bond donors (Lipinski definition) is 2. The van der Waals surface area contributed by atoms with Gasteiger partial charge >= 0.3 is 5.97 Å². The van der Waals surface area contributed by atoms with Crippen molar-refractivity contribution in [1.82, 2.24) is 0 Å². The number of carbonyl (C=O) groups is 1. The normalized spacial score (nSPS) is 22.9. The molecule has 0 saturated heterocycles. The third kappa shape index (κ3) is 1.76. The highest BCUT2D eigenvalue weighted by Crippen LogP contribution is 2.35. The molecular formula is C12H15NO3. The van der Waals surface area contributed by atoms with Crippen molar-refractivity contribution >= 4 is 5.97 Å². The zero-order valence-electron chi connectivity index (χ0n) is 9.14. The van der Waals surface area contributed by atoms with Crippen molar-refractivity contribution < 1.29 is 14.6 Å². The first-order chi connectivity index (χ1) is 7.63. The summed E-state index contributed by atoms with van der Waals surface area (Å²) in [6.07, 6.45) is 0.604. The molecule has 0 spiro atoms. The first kappa shape index (κ1) is 11.0. The van der Waals surface area contributed by atoms with Crippen molar-refractivity contribution in [3.8, 4) is 5.75 Å². The van der Waals surface area contributed by atoms with Crippen LogP contribution >= 0.6 is 0 Å². The van der Waals surface area contributed by atoms with Gasteiger partial charge in [0, 0.05) is 6.04 Å². The number of nitrogens with two attached hydrogens (primary N) is 1. The lowest BCUT2D eigenvalue weighted by Gasteiger charge is -2.14. The lowest BCUT2D eigenvalue weighted by atomic mass is 9.99. The van der Waals surface area contributed by atoms with Crippen LogP contribution in [-0.4, -0.2) is 23.7 Å². The van der Waals surface area contributed by atoms with Gasteiger partial charge in [-0.2, -0.15) is 0 Å². The third-order valence-electron chi connectivity index (χ3n) is 2.89. The largest absolute Gasteiger partial charge is 0.508 e. The molecule has 0 fully saturated rings. The maximum atomic E-state index is 11.7. The number of aromatic hydroxyl groups is 1. The molecule has 1 aromatic rings. The summed E-state index contributed by atoms with van der Waals surface area (Å²) in [5.74, 6) is -0.467. The van der Waals surface area contributed by atoms with Crippen LogP contribution in [0, 0.1) is 0 Å². The van der Waals surface area contributed by atoms with E-state index in [1.54, 1.807) is 25.1 Å². The summed E-state index contributed by atoms with van der Waals surface area (Å²) in [6, 6.07) is 4.73. The number of phenolic OH excluding ortho intramolecular Hbond substituents is 1. The molecule has 0 amide bonds. The highest BCUT2D eigenvalue weighted by Gasteiger charge is 2.36. The number of phenols is 1. The monoisotopic (exact) mass is 221 g/mol. The quantitative estimate of drug-likeness (QED) is 0.728. The number of rotatable bonds is 2. The van der Waals surface area contributed by atoms with Gasteiger partial charge in [-0.3, -0.25) is 4.79 Å². The summed E-state index contributed by atoms with van der Waals surface area (Å²) in [5.41, 5.74) is 7.74. The molecule has 3 N–H and O–H groups in total. The van der Waals surface area contributed by atoms with E-state index in [9.17, 15) is 9.90 Å². The van der Waals surface area contributed by atoms with Crippen LogP contribution in [0.4, 0.5) is 0 Å². The zero-order chi connectivity index (χ0) is 11.7. The molecule has 2 unspecified atom stereocenters. The van der Waals surface area contributed by atoms with Crippen LogP contribution in [0.3, 0.4) is 0 Å². The van der Waals surface area contributed by atoms with Gasteiger partial charge in [0.05, 0.1) is 12.5 Å². The molecule has 4 heteroatoms. The first-order valence-electron chi connectivity index (χ1n) is 5.37. The fourth-order valence-corrected chi connectivity index (χ4v) is 2.21. The predicted octanol–water partition coefficient (Wildman–Crippen LogP) is 0.922. The van der Waals surface area contributed by atoms with Crippen LogP contribution in [0.25, 0.3) is 0 Å². The topological polar surface area (TPSA) is 72.5 Å². The molecule has 0 radical (unpaired) electrons. The minimum Gasteiger partial charge on any atom is -0.508 e. The molecule has 0 heterocycles. The molecule has 16 heavy (non-hydrogen) atoms. The van der Waals surface area contributed by atoms with Gasteiger partial charge in [0.2, 0.25) is 0 Å². The minimum atomic E-state index is -0.393. The van der Waals surface area contributed by atoms with E-state index in [1.165, 1.54) is 0 Å². The van der Waals surface area contributed by atoms with Gasteiger partial charge in [0.25, 0.3) is 0 Å². The van der Waals surface area contributed by atoms with Crippen LogP contribution < -0.4 is 5.73 Å². The van der Waals surface area contributed by atoms with Crippen LogP contribution in [0.1, 0.15) is 24.0 Å². The number of benzene rings is 1. The lowest BCUT2D eigenvalue weighted by Crippen LogP contribution is -2.31. The summed E-state index contributed by atoms with van der Waals surface area (Å²) >= 11 is 0. The molecule has 0 saturated carbocycles. The second kappa shape index (κ2) is 4.14. The molecule has 1 aromatic carbocycles. The zero-order valence-corrected chi connectivity index (χ0v) is 9.14. The van der Waals surface area contributed by atoms with Crippen molar-refractivity contribution in [3.63, 3.8) is 0 Å². The van der Waals surface area contributed by atoms with Crippen molar-refractivity contribution in [2.24, 2.45) is 5.73 Å². The second-order valence-electron chi connectivity index (χ2n) is 3.98. The Balaban J connectivity index is 2.32. The van der Waals surface area contributed by atoms with E-state index in [0.717, 1.165) is 11.1 Å². The number of esters is 1. The molecular weight excluding hydrogens is 206 g/mol. The van der Waals surface area contributed by atoms with Gasteiger partial charge in [-0.1, -0.05) is 6.07 Å². The molecule has 1 aliphatic rings. The van der Waals surface area contributed by atoms with E-state index in [2.05, 4.69) is 0 Å². The average Bonchev–Trinajstić information content (AvgIpc) is 2.53. The molecule has 1 aliphatic carbocycles. The van der Waals surface area contributed by atoms with Crippen molar-refractivity contribution in [1.29, 1.82) is 0 Å². The number of ether oxygens (including phenoxy) is 1. The van der Waals surface area contributed by atoms with E-state index < -0.39 is 5.92 Å². The third-order valence-corrected chi connectivity index (χ3v) is 2.89. The Morgan fingerprint density at radius 1 is 1.62 bits per heavy atom. The SMILES string of the molecule is CCOC(=O)C1c2ccc(O)cc2CC1N. The summed E-state index contributed by atoms with van der Waals surface area (Å²) in [7, 11) is 0. The standard InChI is InChI=1S/C12H15NO3/c1-2-16-12(15)11-9-4-3-8(14)5-7(9)6-10(11)13/h3-5,10-11,14H,2,6,13H2,1H3. The summed E-state index contributed by atoms with van der Waals surface area (Å²) in [6.45, 7) is 2.13. The Hall–Kier alpha value is -1.55. The van der Waals surface area contributed by atoms with Crippen LogP contribution in [0.2, 0.25) is 0 Å². The first-order valence-corrected chi connectivity index (χ1v) is 5.37. The van der Waals surface area contributed by atoms with Crippen molar-refractivity contribution in [2.45, 2.75) is 25.3 Å². The fourth-order valence-electron chi connectivity index (χ4n) is 2.21. The number of hydrogen-bond acceptors (Lipinski definition) is 4. The molecule has 4 nitrogen and oxygen atoms in total. The molecule has 2 rings (SSSR count). The Morgan fingerprint density at radius 3 is 3.06 bits per heavy atom. The molecule has 2 atom stereocenters. The molecule has 86 valence electrons. The lowest BCUT2D eigenvalue weighted by molar-refractivity contribution is -0.145. The van der Waals surface area contributed by atoms with E-state index in [0.29, 0.717) is 13.0 Å². The minimum absolute atomic E-state index is 0.204. The highest BCUT2D eigenvalue weighted by atomic mass is 16.5.